The van der Waals surface area contributed by atoms with Gasteiger partial charge in [0.15, 0.2) is 0 Å². The third kappa shape index (κ3) is 1.16. The first kappa shape index (κ1) is 7.22. The van der Waals surface area contributed by atoms with Crippen molar-refractivity contribution < 1.29 is 0 Å². The molecule has 0 fully saturated rings. The lowest BCUT2D eigenvalue weighted by molar-refractivity contribution is 1.25. The molecular formula is C10H4ClN. The second kappa shape index (κ2) is 2.55. The van der Waals surface area contributed by atoms with E-state index in [1.54, 1.807) is 12.1 Å². The van der Waals surface area contributed by atoms with Gasteiger partial charge in [0, 0.05) is 0 Å². The van der Waals surface area contributed by atoms with Crippen LogP contribution in [0, 0.1) is 23.2 Å². The molecule has 0 saturated carbocycles. The van der Waals surface area contributed by atoms with E-state index in [0.717, 1.165) is 5.56 Å². The van der Waals surface area contributed by atoms with Crippen LogP contribution in [0.1, 0.15) is 17.0 Å². The number of benzene rings is 1. The highest BCUT2D eigenvalue weighted by Gasteiger charge is 2.14. The van der Waals surface area contributed by atoms with Gasteiger partial charge in [-0.2, -0.15) is 5.26 Å². The third-order valence-corrected chi connectivity index (χ3v) is 2.05. The second-order valence-electron chi connectivity index (χ2n) is 2.57. The van der Waals surface area contributed by atoms with Gasteiger partial charge in [-0.05, 0) is 17.7 Å². The zero-order valence-electron chi connectivity index (χ0n) is 6.13. The number of rotatable bonds is 1. The van der Waals surface area contributed by atoms with Crippen LogP contribution in [0.5, 0.6) is 0 Å². The Bertz CT molecular complexity index is 423. The average molecular weight is 174 g/mol. The van der Waals surface area contributed by atoms with Crippen LogP contribution in [0.3, 0.4) is 0 Å². The molecule has 0 N–H and O–H groups in total. The normalized spacial score (nSPS) is 13.0. The molecule has 1 aromatic carbocycles. The standard InChI is InChI=1S/C10H4ClN/c11-10-5-8(7-1-2-7)3-4-9(10)6-12/h3-5,7H. The maximum Gasteiger partial charge on any atom is 0.106 e. The molecule has 0 atom stereocenters. The fourth-order valence-corrected chi connectivity index (χ4v) is 1.24. The summed E-state index contributed by atoms with van der Waals surface area (Å²) in [6.07, 6.45) is 0. The molecule has 0 aromatic heterocycles. The van der Waals surface area contributed by atoms with E-state index < -0.39 is 0 Å². The Morgan fingerprint density at radius 1 is 1.42 bits per heavy atom. The van der Waals surface area contributed by atoms with E-state index in [1.165, 1.54) is 0 Å². The number of hydrogen-bond acceptors (Lipinski definition) is 1. The second-order valence-corrected chi connectivity index (χ2v) is 2.98. The van der Waals surface area contributed by atoms with Gasteiger partial charge in [-0.15, -0.1) is 0 Å². The summed E-state index contributed by atoms with van der Waals surface area (Å²) in [7, 11) is 0. The molecule has 2 rings (SSSR count). The van der Waals surface area contributed by atoms with Crippen LogP contribution in [-0.2, 0) is 0 Å². The van der Waals surface area contributed by atoms with Crippen molar-refractivity contribution in [1.82, 2.24) is 0 Å². The molecule has 0 heterocycles. The highest BCUT2D eigenvalue weighted by Crippen LogP contribution is 2.26. The van der Waals surface area contributed by atoms with Crippen molar-refractivity contribution in [2.45, 2.75) is 5.92 Å². The number of hydrogen-bond donors (Lipinski definition) is 0. The van der Waals surface area contributed by atoms with Gasteiger partial charge in [0.1, 0.15) is 12.0 Å². The topological polar surface area (TPSA) is 23.8 Å². The molecule has 56 valence electrons. The van der Waals surface area contributed by atoms with E-state index in [0.29, 0.717) is 10.6 Å². The molecule has 0 radical (unpaired) electrons. The largest absolute Gasteiger partial charge is 0.192 e. The first-order chi connectivity index (χ1) is 5.81. The SMILES string of the molecule is N#Cc1ccc(C2C#C2)cc1Cl. The van der Waals surface area contributed by atoms with Gasteiger partial charge in [-0.3, -0.25) is 0 Å². The predicted octanol–water partition coefficient (Wildman–Crippen LogP) is 2.31. The van der Waals surface area contributed by atoms with E-state index in [9.17, 15) is 0 Å². The van der Waals surface area contributed by atoms with Crippen LogP contribution in [0.25, 0.3) is 0 Å². The first-order valence-electron chi connectivity index (χ1n) is 3.52. The van der Waals surface area contributed by atoms with Crippen molar-refractivity contribution in [3.05, 3.63) is 34.3 Å². The zero-order chi connectivity index (χ0) is 8.55. The Balaban J connectivity index is 2.39. The lowest BCUT2D eigenvalue weighted by atomic mass is 10.1. The molecule has 1 aromatic rings. The lowest BCUT2D eigenvalue weighted by Gasteiger charge is -1.98. The number of halogens is 1. The average Bonchev–Trinajstić information content (AvgIpc) is 2.86. The van der Waals surface area contributed by atoms with E-state index in [1.807, 2.05) is 12.1 Å². The molecule has 0 bridgehead atoms. The summed E-state index contributed by atoms with van der Waals surface area (Å²) in [5.74, 6) is 6.05. The Labute approximate surface area is 75.6 Å². The maximum atomic E-state index is 8.60. The highest BCUT2D eigenvalue weighted by atomic mass is 35.5. The Kier molecular flexibility index (Phi) is 1.54. The summed E-state index contributed by atoms with van der Waals surface area (Å²) >= 11 is 5.82. The van der Waals surface area contributed by atoms with Crippen molar-refractivity contribution in [2.24, 2.45) is 0 Å². The quantitative estimate of drug-likeness (QED) is 0.598. The summed E-state index contributed by atoms with van der Waals surface area (Å²) in [5, 5.41) is 9.10. The van der Waals surface area contributed by atoms with Crippen LogP contribution in [-0.4, -0.2) is 0 Å². The third-order valence-electron chi connectivity index (χ3n) is 1.74. The van der Waals surface area contributed by atoms with E-state index in [2.05, 4.69) is 11.8 Å². The van der Waals surface area contributed by atoms with E-state index in [-0.39, 0.29) is 5.92 Å². The molecule has 0 unspecified atom stereocenters. The lowest BCUT2D eigenvalue weighted by Crippen LogP contribution is -1.84. The maximum absolute atomic E-state index is 8.60. The van der Waals surface area contributed by atoms with Gasteiger partial charge in [0.25, 0.3) is 0 Å². The Hall–Kier alpha value is -1.44. The molecule has 1 nitrogen and oxygen atoms in total. The monoisotopic (exact) mass is 173 g/mol. The van der Waals surface area contributed by atoms with Gasteiger partial charge >= 0.3 is 0 Å². The smallest absolute Gasteiger partial charge is 0.106 e. The van der Waals surface area contributed by atoms with Crippen molar-refractivity contribution in [1.29, 1.82) is 5.26 Å². The Morgan fingerprint density at radius 3 is 2.67 bits per heavy atom. The summed E-state index contributed by atoms with van der Waals surface area (Å²) in [6, 6.07) is 7.40. The van der Waals surface area contributed by atoms with Crippen LogP contribution in [0.15, 0.2) is 18.2 Å². The molecule has 0 amide bonds. The summed E-state index contributed by atoms with van der Waals surface area (Å²) in [4.78, 5) is 0. The Morgan fingerprint density at radius 2 is 2.17 bits per heavy atom. The summed E-state index contributed by atoms with van der Waals surface area (Å²) in [5.41, 5.74) is 1.57. The van der Waals surface area contributed by atoms with E-state index >= 15 is 0 Å². The fraction of sp³-hybridized carbons (Fsp3) is 0.100. The van der Waals surface area contributed by atoms with Gasteiger partial charge in [0.2, 0.25) is 0 Å². The molecule has 12 heavy (non-hydrogen) atoms. The summed E-state index contributed by atoms with van der Waals surface area (Å²) < 4.78 is 0. The molecule has 2 heteroatoms. The molecule has 0 saturated heterocycles. The molecule has 1 aliphatic carbocycles. The van der Waals surface area contributed by atoms with Crippen molar-refractivity contribution in [2.75, 3.05) is 0 Å². The van der Waals surface area contributed by atoms with Gasteiger partial charge < -0.3 is 0 Å². The predicted molar refractivity (Wildman–Crippen MR) is 46.7 cm³/mol. The fourth-order valence-electron chi connectivity index (χ4n) is 1.01. The van der Waals surface area contributed by atoms with Crippen LogP contribution < -0.4 is 0 Å². The minimum atomic E-state index is 0.204. The number of nitrogens with zero attached hydrogens (tertiary/aromatic N) is 1. The van der Waals surface area contributed by atoms with Crippen LogP contribution in [0.2, 0.25) is 5.02 Å². The van der Waals surface area contributed by atoms with Gasteiger partial charge in [0.05, 0.1) is 10.6 Å². The molecule has 1 aliphatic rings. The highest BCUT2D eigenvalue weighted by molar-refractivity contribution is 6.31. The van der Waals surface area contributed by atoms with Crippen LogP contribution >= 0.6 is 11.6 Å². The van der Waals surface area contributed by atoms with E-state index in [4.69, 9.17) is 16.9 Å². The molecule has 0 spiro atoms. The minimum absolute atomic E-state index is 0.204. The van der Waals surface area contributed by atoms with Gasteiger partial charge in [-0.25, -0.2) is 0 Å². The summed E-state index contributed by atoms with van der Waals surface area (Å²) in [6.45, 7) is 0. The first-order valence-corrected chi connectivity index (χ1v) is 3.89. The van der Waals surface area contributed by atoms with Crippen molar-refractivity contribution in [3.8, 4) is 17.9 Å². The van der Waals surface area contributed by atoms with Gasteiger partial charge in [-0.1, -0.05) is 29.5 Å². The van der Waals surface area contributed by atoms with Crippen LogP contribution in [0.4, 0.5) is 0 Å². The molecule has 0 aliphatic heterocycles. The minimum Gasteiger partial charge on any atom is -0.192 e. The number of nitriles is 1. The van der Waals surface area contributed by atoms with Crippen molar-refractivity contribution >= 4 is 11.6 Å². The molecular weight excluding hydrogens is 170 g/mol. The zero-order valence-corrected chi connectivity index (χ0v) is 6.89. The van der Waals surface area contributed by atoms with Crippen molar-refractivity contribution in [3.63, 3.8) is 0 Å².